The molecule has 1 N–H and O–H groups in total. The smallest absolute Gasteiger partial charge is 0.376 e. The molecule has 1 atom stereocenters. The number of amides is 1. The van der Waals surface area contributed by atoms with Gasteiger partial charge in [-0.1, -0.05) is 5.16 Å². The zero-order valence-electron chi connectivity index (χ0n) is 12.4. The van der Waals surface area contributed by atoms with Crippen LogP contribution in [0.1, 0.15) is 38.6 Å². The van der Waals surface area contributed by atoms with Crippen molar-refractivity contribution in [1.29, 1.82) is 0 Å². The van der Waals surface area contributed by atoms with Gasteiger partial charge in [0.1, 0.15) is 17.6 Å². The van der Waals surface area contributed by atoms with Crippen molar-refractivity contribution in [2.24, 2.45) is 0 Å². The molecule has 22 heavy (non-hydrogen) atoms. The predicted octanol–water partition coefficient (Wildman–Crippen LogP) is 1.48. The number of hydrogen-bond acceptors (Lipinski definition) is 7. The van der Waals surface area contributed by atoms with Crippen molar-refractivity contribution in [2.45, 2.75) is 13.0 Å². The minimum atomic E-state index is -0.707. The van der Waals surface area contributed by atoms with Crippen LogP contribution < -0.4 is 5.32 Å². The highest BCUT2D eigenvalue weighted by Crippen LogP contribution is 2.17. The minimum Gasteiger partial charge on any atom is -0.464 e. The Balaban J connectivity index is 2.11. The van der Waals surface area contributed by atoms with Gasteiger partial charge in [-0.3, -0.25) is 4.79 Å². The first-order valence-corrected chi connectivity index (χ1v) is 6.46. The molecule has 0 aliphatic rings. The van der Waals surface area contributed by atoms with E-state index in [0.717, 1.165) is 5.76 Å². The van der Waals surface area contributed by atoms with Crippen LogP contribution in [0.3, 0.4) is 0 Å². The molecule has 0 saturated heterocycles. The molecule has 2 aromatic heterocycles. The third-order valence-corrected chi connectivity index (χ3v) is 2.87. The SMILES string of the molecule is COCC(NC(=O)c1cc(C(=O)OC)on1)c1ccc(C)o1. The van der Waals surface area contributed by atoms with Gasteiger partial charge >= 0.3 is 5.97 Å². The van der Waals surface area contributed by atoms with Crippen LogP contribution in [0.2, 0.25) is 0 Å². The summed E-state index contributed by atoms with van der Waals surface area (Å²) >= 11 is 0. The predicted molar refractivity (Wildman–Crippen MR) is 73.4 cm³/mol. The Morgan fingerprint density at radius 3 is 2.73 bits per heavy atom. The van der Waals surface area contributed by atoms with E-state index in [0.29, 0.717) is 5.76 Å². The molecule has 1 unspecified atom stereocenters. The fourth-order valence-electron chi connectivity index (χ4n) is 1.81. The molecule has 0 radical (unpaired) electrons. The highest BCUT2D eigenvalue weighted by molar-refractivity contribution is 5.95. The van der Waals surface area contributed by atoms with Gasteiger partial charge in [0.05, 0.1) is 13.7 Å². The van der Waals surface area contributed by atoms with E-state index in [2.05, 4.69) is 15.2 Å². The molecule has 0 fully saturated rings. The number of aryl methyl sites for hydroxylation is 1. The molecule has 0 spiro atoms. The summed E-state index contributed by atoms with van der Waals surface area (Å²) in [5.41, 5.74) is -0.0372. The molecule has 0 aliphatic heterocycles. The van der Waals surface area contributed by atoms with Gasteiger partial charge in [0.2, 0.25) is 5.76 Å². The molecule has 0 bridgehead atoms. The molecule has 0 aliphatic carbocycles. The van der Waals surface area contributed by atoms with Crippen molar-refractivity contribution in [1.82, 2.24) is 10.5 Å². The van der Waals surface area contributed by atoms with Gasteiger partial charge in [0, 0.05) is 13.2 Å². The van der Waals surface area contributed by atoms with Crippen molar-refractivity contribution < 1.29 is 28.0 Å². The summed E-state index contributed by atoms with van der Waals surface area (Å²) in [6.45, 7) is 2.02. The normalized spacial score (nSPS) is 12.0. The average Bonchev–Trinajstić information content (AvgIpc) is 3.15. The quantitative estimate of drug-likeness (QED) is 0.806. The number of aromatic nitrogens is 1. The van der Waals surface area contributed by atoms with Crippen LogP contribution in [0.5, 0.6) is 0 Å². The largest absolute Gasteiger partial charge is 0.464 e. The van der Waals surface area contributed by atoms with Crippen LogP contribution in [0.25, 0.3) is 0 Å². The molecule has 1 amide bonds. The summed E-state index contributed by atoms with van der Waals surface area (Å²) in [7, 11) is 2.72. The molecular weight excluding hydrogens is 292 g/mol. The van der Waals surface area contributed by atoms with E-state index in [9.17, 15) is 9.59 Å². The third kappa shape index (κ3) is 3.53. The Morgan fingerprint density at radius 2 is 2.14 bits per heavy atom. The Hall–Kier alpha value is -2.61. The van der Waals surface area contributed by atoms with E-state index in [-0.39, 0.29) is 18.1 Å². The molecule has 118 valence electrons. The number of carbonyl (C=O) groups excluding carboxylic acids is 2. The molecule has 2 aromatic rings. The minimum absolute atomic E-state index is 0.0372. The molecule has 0 saturated carbocycles. The fourth-order valence-corrected chi connectivity index (χ4v) is 1.81. The van der Waals surface area contributed by atoms with Crippen LogP contribution in [-0.4, -0.2) is 37.9 Å². The second-order valence-corrected chi connectivity index (χ2v) is 4.50. The third-order valence-electron chi connectivity index (χ3n) is 2.87. The van der Waals surface area contributed by atoms with Gasteiger partial charge in [0.15, 0.2) is 5.69 Å². The highest BCUT2D eigenvalue weighted by atomic mass is 16.5. The fraction of sp³-hybridized carbons (Fsp3) is 0.357. The number of furan rings is 1. The van der Waals surface area contributed by atoms with Crippen LogP contribution in [-0.2, 0) is 9.47 Å². The van der Waals surface area contributed by atoms with E-state index < -0.39 is 17.9 Å². The number of methoxy groups -OCH3 is 2. The molecule has 2 rings (SSSR count). The van der Waals surface area contributed by atoms with Gasteiger partial charge < -0.3 is 23.7 Å². The topological polar surface area (TPSA) is 104 Å². The summed E-state index contributed by atoms with van der Waals surface area (Å²) in [5, 5.41) is 6.24. The number of rotatable bonds is 6. The lowest BCUT2D eigenvalue weighted by atomic mass is 10.2. The van der Waals surface area contributed by atoms with Gasteiger partial charge in [-0.05, 0) is 19.1 Å². The first-order valence-electron chi connectivity index (χ1n) is 6.46. The highest BCUT2D eigenvalue weighted by Gasteiger charge is 2.22. The maximum Gasteiger partial charge on any atom is 0.376 e. The van der Waals surface area contributed by atoms with E-state index in [1.165, 1.54) is 20.3 Å². The van der Waals surface area contributed by atoms with Gasteiger partial charge in [-0.15, -0.1) is 0 Å². The summed E-state index contributed by atoms with van der Waals surface area (Å²) in [5.74, 6) is -0.0920. The van der Waals surface area contributed by atoms with E-state index >= 15 is 0 Å². The number of carbonyl (C=O) groups is 2. The molecular formula is C14H16N2O6. The zero-order valence-corrected chi connectivity index (χ0v) is 12.4. The van der Waals surface area contributed by atoms with Crippen LogP contribution >= 0.6 is 0 Å². The van der Waals surface area contributed by atoms with Crippen molar-refractivity contribution in [3.05, 3.63) is 41.2 Å². The molecule has 2 heterocycles. The van der Waals surface area contributed by atoms with Gasteiger partial charge in [-0.2, -0.15) is 0 Å². The number of ether oxygens (including phenoxy) is 2. The summed E-state index contributed by atoms with van der Waals surface area (Å²) in [6.07, 6.45) is 0. The summed E-state index contributed by atoms with van der Waals surface area (Å²) in [6, 6.07) is 4.26. The molecule has 8 nitrogen and oxygen atoms in total. The van der Waals surface area contributed by atoms with Gasteiger partial charge in [0.25, 0.3) is 5.91 Å². The maximum absolute atomic E-state index is 12.2. The average molecular weight is 308 g/mol. The second-order valence-electron chi connectivity index (χ2n) is 4.50. The molecule has 0 aromatic carbocycles. The van der Waals surface area contributed by atoms with E-state index in [4.69, 9.17) is 13.7 Å². The number of hydrogen-bond donors (Lipinski definition) is 1. The van der Waals surface area contributed by atoms with Gasteiger partial charge in [-0.25, -0.2) is 4.79 Å². The number of nitrogens with one attached hydrogen (secondary N) is 1. The Bertz CT molecular complexity index is 660. The Morgan fingerprint density at radius 1 is 1.36 bits per heavy atom. The summed E-state index contributed by atoms with van der Waals surface area (Å²) < 4.78 is 19.8. The number of esters is 1. The van der Waals surface area contributed by atoms with E-state index in [1.54, 1.807) is 19.1 Å². The lowest BCUT2D eigenvalue weighted by molar-refractivity contribution is 0.0554. The van der Waals surface area contributed by atoms with E-state index in [1.807, 2.05) is 0 Å². The molecule has 8 heteroatoms. The standard InChI is InChI=1S/C14H16N2O6/c1-8-4-5-11(21-8)10(7-19-2)15-13(17)9-6-12(22-16-9)14(18)20-3/h4-6,10H,7H2,1-3H3,(H,15,17). The van der Waals surface area contributed by atoms with Crippen molar-refractivity contribution >= 4 is 11.9 Å². The van der Waals surface area contributed by atoms with Crippen LogP contribution in [0.4, 0.5) is 0 Å². The lowest BCUT2D eigenvalue weighted by Crippen LogP contribution is -2.31. The summed E-state index contributed by atoms with van der Waals surface area (Å²) in [4.78, 5) is 23.4. The van der Waals surface area contributed by atoms with Crippen molar-refractivity contribution in [3.63, 3.8) is 0 Å². The van der Waals surface area contributed by atoms with Crippen LogP contribution in [0.15, 0.2) is 27.1 Å². The Kier molecular flexibility index (Phi) is 4.95. The second kappa shape index (κ2) is 6.90. The first kappa shape index (κ1) is 15.8. The lowest BCUT2D eigenvalue weighted by Gasteiger charge is -2.14. The monoisotopic (exact) mass is 308 g/mol. The van der Waals surface area contributed by atoms with Crippen molar-refractivity contribution in [2.75, 3.05) is 20.8 Å². The van der Waals surface area contributed by atoms with Crippen molar-refractivity contribution in [3.8, 4) is 0 Å². The maximum atomic E-state index is 12.2. The van der Waals surface area contributed by atoms with Crippen LogP contribution in [0, 0.1) is 6.92 Å². The first-order chi connectivity index (χ1) is 10.5. The number of nitrogens with zero attached hydrogens (tertiary/aromatic N) is 1. The Labute approximate surface area is 126 Å². The zero-order chi connectivity index (χ0) is 16.1.